The van der Waals surface area contributed by atoms with Crippen molar-refractivity contribution >= 4 is 28.4 Å². The molecule has 1 aromatic carbocycles. The normalized spacial score (nSPS) is 14.9. The molecule has 0 bridgehead atoms. The van der Waals surface area contributed by atoms with Gasteiger partial charge in [-0.25, -0.2) is 0 Å². The smallest absolute Gasteiger partial charge is 0.227 e. The minimum atomic E-state index is -0.0502. The molecule has 3 aromatic rings. The third kappa shape index (κ3) is 4.06. The molecule has 2 amide bonds. The van der Waals surface area contributed by atoms with E-state index in [1.807, 2.05) is 29.3 Å². The molecular weight excluding hydrogens is 352 g/mol. The van der Waals surface area contributed by atoms with Crippen LogP contribution in [0.25, 0.3) is 10.9 Å². The van der Waals surface area contributed by atoms with Crippen LogP contribution in [-0.4, -0.2) is 39.8 Å². The number of benzene rings is 1. The summed E-state index contributed by atoms with van der Waals surface area (Å²) in [6, 6.07) is 11.7. The van der Waals surface area contributed by atoms with Crippen LogP contribution in [0.2, 0.25) is 0 Å². The number of carbonyl (C=O) groups excluding carboxylic acids is 2. The Labute approximate surface area is 164 Å². The molecule has 28 heavy (non-hydrogen) atoms. The van der Waals surface area contributed by atoms with Crippen molar-refractivity contribution in [1.29, 1.82) is 0 Å². The SMILES string of the molecule is O=C(Nc1ccncc1)C1CCN(C(=O)CCc2c[nH]c3ccccc23)CC1. The highest BCUT2D eigenvalue weighted by molar-refractivity contribution is 5.92. The summed E-state index contributed by atoms with van der Waals surface area (Å²) in [6.45, 7) is 1.28. The number of anilines is 1. The lowest BCUT2D eigenvalue weighted by molar-refractivity contribution is -0.134. The second kappa shape index (κ2) is 8.25. The molecule has 0 atom stereocenters. The number of hydrogen-bond donors (Lipinski definition) is 2. The van der Waals surface area contributed by atoms with Crippen LogP contribution in [-0.2, 0) is 16.0 Å². The number of pyridine rings is 1. The predicted octanol–water partition coefficient (Wildman–Crippen LogP) is 3.37. The van der Waals surface area contributed by atoms with E-state index in [-0.39, 0.29) is 17.7 Å². The van der Waals surface area contributed by atoms with E-state index in [1.54, 1.807) is 24.5 Å². The average molecular weight is 376 g/mol. The van der Waals surface area contributed by atoms with Crippen LogP contribution in [0, 0.1) is 5.92 Å². The van der Waals surface area contributed by atoms with Gasteiger partial charge in [0.25, 0.3) is 0 Å². The maximum atomic E-state index is 12.6. The number of H-pyrrole nitrogens is 1. The lowest BCUT2D eigenvalue weighted by Gasteiger charge is -2.31. The third-order valence-electron chi connectivity index (χ3n) is 5.45. The van der Waals surface area contributed by atoms with E-state index in [0.717, 1.165) is 17.6 Å². The lowest BCUT2D eigenvalue weighted by atomic mass is 9.95. The summed E-state index contributed by atoms with van der Waals surface area (Å²) in [7, 11) is 0. The van der Waals surface area contributed by atoms with Gasteiger partial charge in [0.1, 0.15) is 0 Å². The molecule has 1 aliphatic heterocycles. The number of fused-ring (bicyclic) bond motifs is 1. The van der Waals surface area contributed by atoms with Gasteiger partial charge in [-0.3, -0.25) is 14.6 Å². The van der Waals surface area contributed by atoms with Crippen molar-refractivity contribution < 1.29 is 9.59 Å². The van der Waals surface area contributed by atoms with Gasteiger partial charge < -0.3 is 15.2 Å². The zero-order valence-corrected chi connectivity index (χ0v) is 15.7. The summed E-state index contributed by atoms with van der Waals surface area (Å²) < 4.78 is 0. The zero-order valence-electron chi connectivity index (χ0n) is 15.7. The number of aryl methyl sites for hydroxylation is 1. The van der Waals surface area contributed by atoms with Crippen molar-refractivity contribution in [2.45, 2.75) is 25.7 Å². The number of likely N-dealkylation sites (tertiary alicyclic amines) is 1. The first-order chi connectivity index (χ1) is 13.7. The van der Waals surface area contributed by atoms with Crippen LogP contribution in [0.15, 0.2) is 55.0 Å². The fraction of sp³-hybridized carbons (Fsp3) is 0.318. The summed E-state index contributed by atoms with van der Waals surface area (Å²) in [5.74, 6) is 0.140. The van der Waals surface area contributed by atoms with Crippen molar-refractivity contribution in [3.8, 4) is 0 Å². The molecule has 1 fully saturated rings. The molecule has 6 nitrogen and oxygen atoms in total. The molecular formula is C22H24N4O2. The highest BCUT2D eigenvalue weighted by atomic mass is 16.2. The molecule has 2 N–H and O–H groups in total. The van der Waals surface area contributed by atoms with Crippen molar-refractivity contribution in [1.82, 2.24) is 14.9 Å². The van der Waals surface area contributed by atoms with Gasteiger partial charge in [-0.15, -0.1) is 0 Å². The van der Waals surface area contributed by atoms with Crippen molar-refractivity contribution in [2.24, 2.45) is 5.92 Å². The molecule has 0 saturated carbocycles. The van der Waals surface area contributed by atoms with Gasteiger partial charge in [0.05, 0.1) is 0 Å². The predicted molar refractivity (Wildman–Crippen MR) is 109 cm³/mol. The van der Waals surface area contributed by atoms with Crippen molar-refractivity contribution in [3.05, 3.63) is 60.6 Å². The topological polar surface area (TPSA) is 78.1 Å². The monoisotopic (exact) mass is 376 g/mol. The second-order valence-electron chi connectivity index (χ2n) is 7.24. The first kappa shape index (κ1) is 18.2. The molecule has 4 rings (SSSR count). The summed E-state index contributed by atoms with van der Waals surface area (Å²) in [5.41, 5.74) is 3.04. The Hall–Kier alpha value is -3.15. The van der Waals surface area contributed by atoms with Gasteiger partial charge >= 0.3 is 0 Å². The van der Waals surface area contributed by atoms with Gasteiger partial charge in [0, 0.05) is 60.6 Å². The fourth-order valence-corrected chi connectivity index (χ4v) is 3.81. The molecule has 0 unspecified atom stereocenters. The van der Waals surface area contributed by atoms with Crippen molar-refractivity contribution in [2.75, 3.05) is 18.4 Å². The Morgan fingerprint density at radius 1 is 1.11 bits per heavy atom. The Kier molecular flexibility index (Phi) is 5.37. The summed E-state index contributed by atoms with van der Waals surface area (Å²) >= 11 is 0. The number of amides is 2. The van der Waals surface area contributed by atoms with Crippen LogP contribution in [0.1, 0.15) is 24.8 Å². The Bertz CT molecular complexity index is 959. The van der Waals surface area contributed by atoms with E-state index in [1.165, 1.54) is 10.9 Å². The van der Waals surface area contributed by atoms with E-state index < -0.39 is 0 Å². The number of aromatic nitrogens is 2. The average Bonchev–Trinajstić information content (AvgIpc) is 3.16. The molecule has 0 aliphatic carbocycles. The maximum absolute atomic E-state index is 12.6. The Morgan fingerprint density at radius 3 is 2.64 bits per heavy atom. The van der Waals surface area contributed by atoms with E-state index >= 15 is 0 Å². The molecule has 6 heteroatoms. The minimum absolute atomic E-state index is 0.0251. The van der Waals surface area contributed by atoms with Gasteiger partial charge in [-0.05, 0) is 43.0 Å². The molecule has 1 aliphatic rings. The second-order valence-corrected chi connectivity index (χ2v) is 7.24. The molecule has 0 radical (unpaired) electrons. The van der Waals surface area contributed by atoms with E-state index in [4.69, 9.17) is 0 Å². The van der Waals surface area contributed by atoms with Crippen LogP contribution in [0.3, 0.4) is 0 Å². The number of aromatic amines is 1. The standard InChI is InChI=1S/C22H24N4O2/c27-21(6-5-17-15-24-20-4-2-1-3-19(17)20)26-13-9-16(10-14-26)22(28)25-18-7-11-23-12-8-18/h1-4,7-8,11-12,15-16,24H,5-6,9-10,13-14H2,(H,23,25,28). The number of carbonyl (C=O) groups is 2. The number of nitrogens with zero attached hydrogens (tertiary/aromatic N) is 2. The first-order valence-corrected chi connectivity index (χ1v) is 9.74. The van der Waals surface area contributed by atoms with E-state index in [9.17, 15) is 9.59 Å². The van der Waals surface area contributed by atoms with Gasteiger partial charge in [0.15, 0.2) is 0 Å². The van der Waals surface area contributed by atoms with E-state index in [2.05, 4.69) is 21.4 Å². The Balaban J connectivity index is 1.26. The number of rotatable bonds is 5. The molecule has 144 valence electrons. The maximum Gasteiger partial charge on any atom is 0.227 e. The summed E-state index contributed by atoms with van der Waals surface area (Å²) in [5, 5.41) is 4.11. The minimum Gasteiger partial charge on any atom is -0.361 e. The van der Waals surface area contributed by atoms with Crippen LogP contribution in [0.5, 0.6) is 0 Å². The number of para-hydroxylation sites is 1. The highest BCUT2D eigenvalue weighted by Crippen LogP contribution is 2.22. The van der Waals surface area contributed by atoms with Crippen molar-refractivity contribution in [3.63, 3.8) is 0 Å². The summed E-state index contributed by atoms with van der Waals surface area (Å²) in [4.78, 5) is 34.1. The van der Waals surface area contributed by atoms with Crippen LogP contribution in [0.4, 0.5) is 5.69 Å². The molecule has 3 heterocycles. The number of hydrogen-bond acceptors (Lipinski definition) is 3. The largest absolute Gasteiger partial charge is 0.361 e. The van der Waals surface area contributed by atoms with Gasteiger partial charge in [-0.1, -0.05) is 18.2 Å². The van der Waals surface area contributed by atoms with Crippen LogP contribution < -0.4 is 5.32 Å². The van der Waals surface area contributed by atoms with Gasteiger partial charge in [0.2, 0.25) is 11.8 Å². The van der Waals surface area contributed by atoms with E-state index in [0.29, 0.717) is 32.4 Å². The van der Waals surface area contributed by atoms with Gasteiger partial charge in [-0.2, -0.15) is 0 Å². The quantitative estimate of drug-likeness (QED) is 0.717. The lowest BCUT2D eigenvalue weighted by Crippen LogP contribution is -2.41. The highest BCUT2D eigenvalue weighted by Gasteiger charge is 2.27. The first-order valence-electron chi connectivity index (χ1n) is 9.74. The number of piperidine rings is 1. The number of nitrogens with one attached hydrogen (secondary N) is 2. The zero-order chi connectivity index (χ0) is 19.3. The molecule has 0 spiro atoms. The van der Waals surface area contributed by atoms with Crippen LogP contribution >= 0.6 is 0 Å². The summed E-state index contributed by atoms with van der Waals surface area (Å²) in [6.07, 6.45) is 7.94. The Morgan fingerprint density at radius 2 is 1.86 bits per heavy atom. The molecule has 2 aromatic heterocycles. The fourth-order valence-electron chi connectivity index (χ4n) is 3.81. The third-order valence-corrected chi connectivity index (χ3v) is 5.45. The molecule has 1 saturated heterocycles.